The first kappa shape index (κ1) is 24.4. The van der Waals surface area contributed by atoms with E-state index in [1.165, 1.54) is 32.4 Å². The van der Waals surface area contributed by atoms with Gasteiger partial charge in [-0.25, -0.2) is 8.78 Å². The van der Waals surface area contributed by atoms with Crippen LogP contribution in [0.2, 0.25) is 0 Å². The van der Waals surface area contributed by atoms with Crippen LogP contribution in [0.1, 0.15) is 80.6 Å². The van der Waals surface area contributed by atoms with Crippen molar-refractivity contribution in [3.05, 3.63) is 11.4 Å². The third-order valence-corrected chi connectivity index (χ3v) is 6.89. The summed E-state index contributed by atoms with van der Waals surface area (Å²) in [6.45, 7) is 19.7. The first-order valence-electron chi connectivity index (χ1n) is 11.9. The van der Waals surface area contributed by atoms with Crippen LogP contribution in [0, 0.1) is 11.8 Å². The minimum atomic E-state index is -2.23. The van der Waals surface area contributed by atoms with E-state index in [1.54, 1.807) is 0 Å². The highest BCUT2D eigenvalue weighted by molar-refractivity contribution is 5.25. The summed E-state index contributed by atoms with van der Waals surface area (Å²) >= 11 is 0. The van der Waals surface area contributed by atoms with Crippen molar-refractivity contribution < 1.29 is 8.78 Å². The average molecular weight is 414 g/mol. The van der Waals surface area contributed by atoms with Gasteiger partial charge < -0.3 is 14.7 Å². The van der Waals surface area contributed by atoms with Crippen molar-refractivity contribution in [2.75, 3.05) is 26.2 Å². The molecule has 29 heavy (non-hydrogen) atoms. The largest absolute Gasteiger partial charge is 0.356 e. The molecule has 0 spiro atoms. The van der Waals surface area contributed by atoms with Crippen LogP contribution in [0.25, 0.3) is 0 Å². The number of nitrogens with zero attached hydrogens (tertiary/aromatic N) is 3. The molecule has 3 aliphatic heterocycles. The van der Waals surface area contributed by atoms with Crippen molar-refractivity contribution in [2.45, 2.75) is 105 Å². The van der Waals surface area contributed by atoms with E-state index in [0.29, 0.717) is 18.5 Å². The maximum atomic E-state index is 13.4. The van der Waals surface area contributed by atoms with E-state index in [9.17, 15) is 8.78 Å². The molecular weight excluding hydrogens is 368 g/mol. The van der Waals surface area contributed by atoms with Crippen molar-refractivity contribution in [1.82, 2.24) is 14.7 Å². The number of halogens is 2. The highest BCUT2D eigenvalue weighted by Gasteiger charge is 2.41. The average Bonchev–Trinajstić information content (AvgIpc) is 2.68. The van der Waals surface area contributed by atoms with Crippen LogP contribution in [-0.2, 0) is 0 Å². The van der Waals surface area contributed by atoms with Crippen LogP contribution in [0.15, 0.2) is 11.4 Å². The Labute approximate surface area is 178 Å². The Bertz CT molecular complexity index is 512. The van der Waals surface area contributed by atoms with Gasteiger partial charge in [-0.1, -0.05) is 13.3 Å². The Kier molecular flexibility index (Phi) is 9.24. The molecule has 2 atom stereocenters. The molecule has 0 radical (unpaired) electrons. The van der Waals surface area contributed by atoms with Gasteiger partial charge in [-0.15, -0.1) is 0 Å². The predicted molar refractivity (Wildman–Crippen MR) is 119 cm³/mol. The fourth-order valence-electron chi connectivity index (χ4n) is 5.08. The van der Waals surface area contributed by atoms with Crippen LogP contribution in [0.4, 0.5) is 8.78 Å². The van der Waals surface area contributed by atoms with Gasteiger partial charge in [0.1, 0.15) is 5.82 Å². The van der Waals surface area contributed by atoms with E-state index in [0.717, 1.165) is 36.9 Å². The second kappa shape index (κ2) is 11.0. The number of allylic oxidation sites excluding steroid dienone is 1. The summed E-state index contributed by atoms with van der Waals surface area (Å²) in [6.07, 6.45) is 3.63. The quantitative estimate of drug-likeness (QED) is 0.574. The number of hydrogen-bond acceptors (Lipinski definition) is 3. The summed E-state index contributed by atoms with van der Waals surface area (Å²) in [5, 5.41) is 0. The number of likely N-dealkylation sites (tertiary alicyclic amines) is 1. The van der Waals surface area contributed by atoms with E-state index in [-0.39, 0.29) is 5.92 Å². The first-order valence-corrected chi connectivity index (χ1v) is 11.9. The molecule has 0 bridgehead atoms. The molecule has 170 valence electrons. The van der Waals surface area contributed by atoms with Crippen molar-refractivity contribution in [1.29, 1.82) is 0 Å². The van der Waals surface area contributed by atoms with Gasteiger partial charge in [0.25, 0.3) is 0 Å². The van der Waals surface area contributed by atoms with Crippen molar-refractivity contribution >= 4 is 0 Å². The van der Waals surface area contributed by atoms with Crippen LogP contribution in [-0.4, -0.2) is 65.4 Å². The fraction of sp³-hybridized carbons (Fsp3) is 0.917. The third-order valence-electron chi connectivity index (χ3n) is 6.89. The van der Waals surface area contributed by atoms with Crippen molar-refractivity contribution in [3.63, 3.8) is 0 Å². The van der Waals surface area contributed by atoms with Crippen LogP contribution in [0.5, 0.6) is 0 Å². The third kappa shape index (κ3) is 6.08. The van der Waals surface area contributed by atoms with Crippen LogP contribution in [0.3, 0.4) is 0 Å². The van der Waals surface area contributed by atoms with E-state index in [1.807, 2.05) is 0 Å². The van der Waals surface area contributed by atoms with E-state index < -0.39 is 12.3 Å². The first-order chi connectivity index (χ1) is 13.6. The lowest BCUT2D eigenvalue weighted by atomic mass is 9.79. The summed E-state index contributed by atoms with van der Waals surface area (Å²) in [7, 11) is 0. The van der Waals surface area contributed by atoms with Crippen molar-refractivity contribution in [3.8, 4) is 0 Å². The van der Waals surface area contributed by atoms with E-state index in [2.05, 4.69) is 63.2 Å². The molecule has 3 aliphatic rings. The lowest BCUT2D eigenvalue weighted by molar-refractivity contribution is 0.0369. The van der Waals surface area contributed by atoms with Gasteiger partial charge in [0.05, 0.1) is 0 Å². The molecule has 0 aliphatic carbocycles. The highest BCUT2D eigenvalue weighted by Crippen LogP contribution is 2.43. The smallest absolute Gasteiger partial charge is 0.245 e. The fourth-order valence-corrected chi connectivity index (χ4v) is 5.08. The molecule has 1 fully saturated rings. The van der Waals surface area contributed by atoms with Gasteiger partial charge in [0.15, 0.2) is 0 Å². The van der Waals surface area contributed by atoms with Crippen LogP contribution < -0.4 is 0 Å². The lowest BCUT2D eigenvalue weighted by Crippen LogP contribution is -2.51. The molecule has 0 aromatic rings. The second-order valence-electron chi connectivity index (χ2n) is 9.96. The maximum Gasteiger partial charge on any atom is 0.245 e. The molecular formula is C24H45F2N3. The summed E-state index contributed by atoms with van der Waals surface area (Å²) in [6, 6.07) is 1.50. The molecule has 2 unspecified atom stereocenters. The zero-order valence-corrected chi connectivity index (χ0v) is 19.9. The summed E-state index contributed by atoms with van der Waals surface area (Å²) in [5.41, 5.74) is 1.01. The number of hydrogen-bond donors (Lipinski definition) is 0. The molecule has 0 amide bonds. The molecule has 0 aromatic heterocycles. The Hall–Kier alpha value is -0.840. The molecule has 0 saturated carbocycles. The molecule has 0 aromatic carbocycles. The number of piperidine rings is 1. The summed E-state index contributed by atoms with van der Waals surface area (Å²) in [5.74, 6) is 0.849. The SMILES string of the molecule is CC(C)N1CCCCC1.CC1CCN(C(C)C)C2=C1C(C(F)F)CCN2C(C)C. The minimum absolute atomic E-state index is 0.278. The zero-order valence-electron chi connectivity index (χ0n) is 19.9. The normalized spacial score (nSPS) is 26.4. The van der Waals surface area contributed by atoms with Gasteiger partial charge in [-0.3, -0.25) is 0 Å². The highest BCUT2D eigenvalue weighted by atomic mass is 19.3. The predicted octanol–water partition coefficient (Wildman–Crippen LogP) is 5.82. The maximum absolute atomic E-state index is 13.4. The van der Waals surface area contributed by atoms with E-state index in [4.69, 9.17) is 0 Å². The Morgan fingerprint density at radius 3 is 1.66 bits per heavy atom. The molecule has 3 rings (SSSR count). The summed E-state index contributed by atoms with van der Waals surface area (Å²) < 4.78 is 26.9. The van der Waals surface area contributed by atoms with Gasteiger partial charge in [0, 0.05) is 37.1 Å². The van der Waals surface area contributed by atoms with Crippen LogP contribution >= 0.6 is 0 Å². The number of alkyl halides is 2. The van der Waals surface area contributed by atoms with Crippen molar-refractivity contribution in [2.24, 2.45) is 11.8 Å². The van der Waals surface area contributed by atoms with Gasteiger partial charge in [-0.2, -0.15) is 0 Å². The molecule has 1 saturated heterocycles. The minimum Gasteiger partial charge on any atom is -0.356 e. The lowest BCUT2D eigenvalue weighted by Gasteiger charge is -2.50. The standard InChI is InChI=1S/C16H28F2N2.C8H17N/c1-10(2)19-8-6-12(5)14-13(15(17)18)7-9-20(11(3)4)16(14)19;1-8(2)9-6-4-3-5-7-9/h10-13,15H,6-9H2,1-5H3;8H,3-7H2,1-2H3. The van der Waals surface area contributed by atoms with Gasteiger partial charge in [0.2, 0.25) is 6.43 Å². The monoisotopic (exact) mass is 413 g/mol. The second-order valence-corrected chi connectivity index (χ2v) is 9.96. The Morgan fingerprint density at radius 1 is 0.724 bits per heavy atom. The number of rotatable bonds is 4. The van der Waals surface area contributed by atoms with Gasteiger partial charge >= 0.3 is 0 Å². The Balaban J connectivity index is 0.000000278. The zero-order chi connectivity index (χ0) is 21.7. The molecule has 0 N–H and O–H groups in total. The Morgan fingerprint density at radius 2 is 1.24 bits per heavy atom. The molecule has 3 nitrogen and oxygen atoms in total. The summed E-state index contributed by atoms with van der Waals surface area (Å²) in [4.78, 5) is 7.23. The van der Waals surface area contributed by atoms with E-state index >= 15 is 0 Å². The van der Waals surface area contributed by atoms with Gasteiger partial charge in [-0.05, 0) is 91.8 Å². The topological polar surface area (TPSA) is 9.72 Å². The molecule has 5 heteroatoms. The molecule has 3 heterocycles.